The van der Waals surface area contributed by atoms with Gasteiger partial charge in [0.2, 0.25) is 0 Å². The molecule has 2 saturated heterocycles. The molecule has 0 radical (unpaired) electrons. The molecule has 0 spiro atoms. The SMILES string of the molecule is Cc1csc(C2(CNC(=O)OC(C)(C)C)C3CCN(c4cnc5c(I)nn(C6CCCCO6)c5n4)CC32)n1. The zero-order valence-corrected chi connectivity index (χ0v) is 25.2. The summed E-state index contributed by atoms with van der Waals surface area (Å²) in [7, 11) is 0. The largest absolute Gasteiger partial charge is 0.444 e. The summed E-state index contributed by atoms with van der Waals surface area (Å²) >= 11 is 3.93. The molecular weight excluding hydrogens is 617 g/mol. The minimum absolute atomic E-state index is 0.0896. The minimum Gasteiger partial charge on any atom is -0.444 e. The van der Waals surface area contributed by atoms with Crippen molar-refractivity contribution >= 4 is 57.0 Å². The molecule has 4 unspecified atom stereocenters. The van der Waals surface area contributed by atoms with E-state index in [2.05, 4.69) is 38.2 Å². The van der Waals surface area contributed by atoms with Crippen LogP contribution in [0.15, 0.2) is 11.6 Å². The zero-order valence-electron chi connectivity index (χ0n) is 22.2. The fraction of sp³-hybridized carbons (Fsp3) is 0.654. The Morgan fingerprint density at radius 1 is 1.29 bits per heavy atom. The Kier molecular flexibility index (Phi) is 6.78. The van der Waals surface area contributed by atoms with E-state index in [9.17, 15) is 4.79 Å². The molecule has 38 heavy (non-hydrogen) atoms. The Hall–Kier alpha value is -2.06. The van der Waals surface area contributed by atoms with Crippen LogP contribution in [0.25, 0.3) is 11.2 Å². The summed E-state index contributed by atoms with van der Waals surface area (Å²) in [5, 5.41) is 11.0. The highest BCUT2D eigenvalue weighted by atomic mass is 127. The number of anilines is 1. The van der Waals surface area contributed by atoms with Crippen LogP contribution in [0.4, 0.5) is 10.6 Å². The first-order valence-electron chi connectivity index (χ1n) is 13.3. The first-order valence-corrected chi connectivity index (χ1v) is 15.3. The number of hydrogen-bond donors (Lipinski definition) is 1. The number of aryl methyl sites for hydroxylation is 1. The molecule has 5 heterocycles. The molecule has 0 aromatic carbocycles. The maximum Gasteiger partial charge on any atom is 0.407 e. The third-order valence-electron chi connectivity index (χ3n) is 7.87. The molecule has 1 N–H and O–H groups in total. The molecular formula is C26H34IN7O3S. The van der Waals surface area contributed by atoms with Gasteiger partial charge in [0.25, 0.3) is 0 Å². The lowest BCUT2D eigenvalue weighted by molar-refractivity contribution is -0.0372. The van der Waals surface area contributed by atoms with Crippen molar-refractivity contribution in [3.05, 3.63) is 26.0 Å². The van der Waals surface area contributed by atoms with Crippen LogP contribution in [-0.4, -0.2) is 62.7 Å². The van der Waals surface area contributed by atoms with Crippen LogP contribution in [0, 0.1) is 22.5 Å². The van der Waals surface area contributed by atoms with Gasteiger partial charge >= 0.3 is 6.09 Å². The number of piperidine rings is 1. The quantitative estimate of drug-likeness (QED) is 0.392. The number of hydrogen-bond acceptors (Lipinski definition) is 9. The van der Waals surface area contributed by atoms with E-state index in [0.717, 1.165) is 76.8 Å². The number of nitrogens with zero attached hydrogens (tertiary/aromatic N) is 6. The third kappa shape index (κ3) is 4.76. The van der Waals surface area contributed by atoms with Gasteiger partial charge in [0, 0.05) is 42.7 Å². The maximum absolute atomic E-state index is 12.6. The van der Waals surface area contributed by atoms with Gasteiger partial charge in [0.1, 0.15) is 21.9 Å². The number of halogens is 1. The van der Waals surface area contributed by atoms with Crippen LogP contribution in [0.2, 0.25) is 0 Å². The van der Waals surface area contributed by atoms with Crippen molar-refractivity contribution in [3.63, 3.8) is 0 Å². The Bertz CT molecular complexity index is 1350. The number of amides is 1. The van der Waals surface area contributed by atoms with Crippen molar-refractivity contribution in [1.82, 2.24) is 30.0 Å². The zero-order chi connectivity index (χ0) is 26.7. The first kappa shape index (κ1) is 26.2. The fourth-order valence-electron chi connectivity index (χ4n) is 6.08. The first-order chi connectivity index (χ1) is 18.2. The predicted octanol–water partition coefficient (Wildman–Crippen LogP) is 4.81. The summed E-state index contributed by atoms with van der Waals surface area (Å²) in [6.45, 7) is 10.7. The summed E-state index contributed by atoms with van der Waals surface area (Å²) in [6.07, 6.45) is 5.55. The molecule has 1 saturated carbocycles. The summed E-state index contributed by atoms with van der Waals surface area (Å²) in [5.41, 5.74) is 1.90. The van der Waals surface area contributed by atoms with Crippen molar-refractivity contribution < 1.29 is 14.3 Å². The summed E-state index contributed by atoms with van der Waals surface area (Å²) in [5.74, 6) is 1.68. The number of rotatable bonds is 5. The van der Waals surface area contributed by atoms with Gasteiger partial charge in [-0.05, 0) is 87.8 Å². The molecule has 12 heteroatoms. The molecule has 6 rings (SSSR count). The van der Waals surface area contributed by atoms with Crippen molar-refractivity contribution in [2.45, 2.75) is 70.6 Å². The predicted molar refractivity (Wildman–Crippen MR) is 153 cm³/mol. The van der Waals surface area contributed by atoms with Gasteiger partial charge in [-0.25, -0.2) is 24.4 Å². The lowest BCUT2D eigenvalue weighted by Gasteiger charge is -2.27. The molecule has 3 fully saturated rings. The summed E-state index contributed by atoms with van der Waals surface area (Å²) in [6, 6.07) is 0. The number of thiazole rings is 1. The average molecular weight is 652 g/mol. The van der Waals surface area contributed by atoms with Crippen LogP contribution in [0.3, 0.4) is 0 Å². The second-order valence-corrected chi connectivity index (χ2v) is 13.5. The highest BCUT2D eigenvalue weighted by Gasteiger charge is 2.68. The summed E-state index contributed by atoms with van der Waals surface area (Å²) in [4.78, 5) is 29.6. The molecule has 204 valence electrons. The van der Waals surface area contributed by atoms with E-state index in [1.165, 1.54) is 0 Å². The monoisotopic (exact) mass is 651 g/mol. The van der Waals surface area contributed by atoms with Crippen molar-refractivity contribution in [2.24, 2.45) is 11.8 Å². The molecule has 3 aromatic heterocycles. The van der Waals surface area contributed by atoms with Crippen LogP contribution in [0.1, 0.15) is 63.4 Å². The Balaban J connectivity index is 1.25. The van der Waals surface area contributed by atoms with Gasteiger partial charge in [-0.15, -0.1) is 11.3 Å². The third-order valence-corrected chi connectivity index (χ3v) is 9.75. The number of carbonyl (C=O) groups excluding carboxylic acids is 1. The van der Waals surface area contributed by atoms with Crippen molar-refractivity contribution in [1.29, 1.82) is 0 Å². The molecule has 4 atom stereocenters. The molecule has 3 aliphatic rings. The van der Waals surface area contributed by atoms with E-state index >= 15 is 0 Å². The fourth-order valence-corrected chi connectivity index (χ4v) is 7.81. The molecule has 10 nitrogen and oxygen atoms in total. The Labute approximate surface area is 240 Å². The lowest BCUT2D eigenvalue weighted by atomic mass is 10.0. The Morgan fingerprint density at radius 3 is 2.84 bits per heavy atom. The lowest BCUT2D eigenvalue weighted by Crippen LogP contribution is -2.38. The number of fused-ring (bicyclic) bond motifs is 2. The van der Waals surface area contributed by atoms with E-state index in [1.54, 1.807) is 11.3 Å². The summed E-state index contributed by atoms with van der Waals surface area (Å²) < 4.78 is 14.3. The van der Waals surface area contributed by atoms with E-state index < -0.39 is 5.60 Å². The van der Waals surface area contributed by atoms with Crippen molar-refractivity contribution in [3.8, 4) is 0 Å². The van der Waals surface area contributed by atoms with Gasteiger partial charge in [-0.1, -0.05) is 0 Å². The Morgan fingerprint density at radius 2 is 2.13 bits per heavy atom. The number of nitrogens with one attached hydrogen (secondary N) is 1. The van der Waals surface area contributed by atoms with Gasteiger partial charge in [-0.3, -0.25) is 0 Å². The molecule has 2 aliphatic heterocycles. The van der Waals surface area contributed by atoms with E-state index in [0.29, 0.717) is 18.4 Å². The maximum atomic E-state index is 12.6. The number of aromatic nitrogens is 5. The minimum atomic E-state index is -0.535. The number of carbonyl (C=O) groups is 1. The van der Waals surface area contributed by atoms with Crippen LogP contribution in [0.5, 0.6) is 0 Å². The molecule has 1 amide bonds. The second-order valence-electron chi connectivity index (χ2n) is 11.6. The van der Waals surface area contributed by atoms with Gasteiger partial charge < -0.3 is 19.7 Å². The highest BCUT2D eigenvalue weighted by Crippen LogP contribution is 2.63. The number of alkyl carbamates (subject to hydrolysis) is 1. The standard InChI is InChI=1S/C26H34IN7O3S/c1-15-13-38-23(30-15)26(14-29-24(35)37-25(2,3)4)16-8-9-33(12-17(16)26)18-11-28-20-21(27)32-34(22(20)31-18)19-7-5-6-10-36-19/h11,13,16-17,19H,5-10,12,14H2,1-4H3,(H,29,35). The topological polar surface area (TPSA) is 107 Å². The van der Waals surface area contributed by atoms with E-state index in [1.807, 2.05) is 38.6 Å². The number of ether oxygens (including phenoxy) is 2. The molecule has 1 aliphatic carbocycles. The molecule has 0 bridgehead atoms. The highest BCUT2D eigenvalue weighted by molar-refractivity contribution is 14.1. The van der Waals surface area contributed by atoms with Crippen LogP contribution >= 0.6 is 33.9 Å². The normalized spacial score (nSPS) is 27.3. The molecule has 3 aromatic rings. The van der Waals surface area contributed by atoms with Crippen LogP contribution < -0.4 is 10.2 Å². The van der Waals surface area contributed by atoms with Crippen molar-refractivity contribution in [2.75, 3.05) is 31.1 Å². The average Bonchev–Trinajstić information content (AvgIpc) is 3.11. The van der Waals surface area contributed by atoms with E-state index in [-0.39, 0.29) is 17.7 Å². The van der Waals surface area contributed by atoms with Gasteiger partial charge in [0.05, 0.1) is 6.20 Å². The smallest absolute Gasteiger partial charge is 0.407 e. The van der Waals surface area contributed by atoms with Gasteiger partial charge in [-0.2, -0.15) is 5.10 Å². The van der Waals surface area contributed by atoms with Crippen LogP contribution in [-0.2, 0) is 14.9 Å². The van der Waals surface area contributed by atoms with Gasteiger partial charge in [0.15, 0.2) is 15.6 Å². The second kappa shape index (κ2) is 9.84. The van der Waals surface area contributed by atoms with E-state index in [4.69, 9.17) is 29.5 Å².